The number of non-ortho nitro benzene ring substituents is 1. The molecule has 2 aromatic rings. The van der Waals surface area contributed by atoms with Gasteiger partial charge in [0.2, 0.25) is 0 Å². The van der Waals surface area contributed by atoms with Crippen LogP contribution >= 0.6 is 11.6 Å². The highest BCUT2D eigenvalue weighted by atomic mass is 35.5. The van der Waals surface area contributed by atoms with Crippen LogP contribution in [0.25, 0.3) is 6.08 Å². The molecule has 0 aliphatic rings. The molecule has 10 nitrogen and oxygen atoms in total. The van der Waals surface area contributed by atoms with Gasteiger partial charge in [0.15, 0.2) is 0 Å². The van der Waals surface area contributed by atoms with Crippen LogP contribution in [-0.2, 0) is 9.59 Å². The Morgan fingerprint density at radius 2 is 1.66 bits per heavy atom. The highest BCUT2D eigenvalue weighted by molar-refractivity contribution is 6.42. The van der Waals surface area contributed by atoms with Crippen molar-refractivity contribution in [3.05, 3.63) is 74.8 Å². The van der Waals surface area contributed by atoms with Crippen molar-refractivity contribution in [2.75, 3.05) is 5.32 Å². The van der Waals surface area contributed by atoms with E-state index in [9.17, 15) is 24.5 Å². The number of nitrogens with one attached hydrogen (secondary N) is 2. The fourth-order valence-electron chi connectivity index (χ4n) is 1.98. The predicted molar refractivity (Wildman–Crippen MR) is 106 cm³/mol. The zero-order valence-corrected chi connectivity index (χ0v) is 15.3. The fourth-order valence-corrected chi connectivity index (χ4v) is 2.15. The van der Waals surface area contributed by atoms with Gasteiger partial charge in [-0.2, -0.15) is 5.10 Å². The minimum atomic E-state index is -1.12. The second kappa shape index (κ2) is 9.76. The Labute approximate surface area is 168 Å². The van der Waals surface area contributed by atoms with Crippen molar-refractivity contribution in [3.8, 4) is 0 Å². The van der Waals surface area contributed by atoms with Crippen molar-refractivity contribution in [1.82, 2.24) is 5.43 Å². The first-order valence-electron chi connectivity index (χ1n) is 7.85. The molecule has 29 heavy (non-hydrogen) atoms. The molecule has 0 heterocycles. The maximum Gasteiger partial charge on any atom is 0.335 e. The van der Waals surface area contributed by atoms with Gasteiger partial charge in [-0.25, -0.2) is 10.2 Å². The number of benzene rings is 2. The molecule has 0 radical (unpaired) electrons. The molecule has 3 N–H and O–H groups in total. The molecule has 0 aromatic heterocycles. The molecule has 11 heteroatoms. The average Bonchev–Trinajstić information content (AvgIpc) is 2.68. The van der Waals surface area contributed by atoms with Crippen molar-refractivity contribution in [2.45, 2.75) is 0 Å². The van der Waals surface area contributed by atoms with Crippen molar-refractivity contribution < 1.29 is 24.4 Å². The molecule has 0 spiro atoms. The van der Waals surface area contributed by atoms with Gasteiger partial charge in [-0.15, -0.1) is 0 Å². The lowest BCUT2D eigenvalue weighted by atomic mass is 10.2. The van der Waals surface area contributed by atoms with Gasteiger partial charge >= 0.3 is 17.8 Å². The summed E-state index contributed by atoms with van der Waals surface area (Å²) in [5.41, 5.74) is 2.75. The van der Waals surface area contributed by atoms with E-state index in [2.05, 4.69) is 10.4 Å². The van der Waals surface area contributed by atoms with Crippen molar-refractivity contribution in [1.29, 1.82) is 0 Å². The Hall–Kier alpha value is -4.05. The van der Waals surface area contributed by atoms with Gasteiger partial charge in [0, 0.05) is 17.8 Å². The zero-order valence-electron chi connectivity index (χ0n) is 14.5. The van der Waals surface area contributed by atoms with Crippen LogP contribution in [0, 0.1) is 10.1 Å². The second-order valence-corrected chi connectivity index (χ2v) is 5.85. The molecule has 0 bridgehead atoms. The van der Waals surface area contributed by atoms with Crippen molar-refractivity contribution in [3.63, 3.8) is 0 Å². The van der Waals surface area contributed by atoms with Crippen LogP contribution in [0.1, 0.15) is 15.9 Å². The molecule has 2 aromatic carbocycles. The number of anilines is 1. The van der Waals surface area contributed by atoms with Gasteiger partial charge in [-0.1, -0.05) is 11.6 Å². The van der Waals surface area contributed by atoms with Crippen LogP contribution in [0.3, 0.4) is 0 Å². The van der Waals surface area contributed by atoms with Crippen LogP contribution in [0.4, 0.5) is 11.4 Å². The summed E-state index contributed by atoms with van der Waals surface area (Å²) in [4.78, 5) is 44.3. The number of carboxylic acid groups (broad SMARTS) is 1. The number of nitro groups is 1. The number of nitrogens with zero attached hydrogens (tertiary/aromatic N) is 2. The number of aromatic carboxylic acids is 1. The van der Waals surface area contributed by atoms with E-state index in [4.69, 9.17) is 16.7 Å². The highest BCUT2D eigenvalue weighted by Crippen LogP contribution is 2.15. The summed E-state index contributed by atoms with van der Waals surface area (Å²) in [6.07, 6.45) is 2.53. The number of halogens is 1. The molecule has 2 rings (SSSR count). The first kappa shape index (κ1) is 21.3. The predicted octanol–water partition coefficient (Wildman–Crippen LogP) is 2.61. The largest absolute Gasteiger partial charge is 0.478 e. The van der Waals surface area contributed by atoms with E-state index >= 15 is 0 Å². The Bertz CT molecular complexity index is 1000. The molecular weight excluding hydrogens is 404 g/mol. The maximum atomic E-state index is 11.8. The zero-order chi connectivity index (χ0) is 21.4. The van der Waals surface area contributed by atoms with Crippen LogP contribution in [-0.4, -0.2) is 34.0 Å². The lowest BCUT2D eigenvalue weighted by molar-refractivity contribution is -0.384. The summed E-state index contributed by atoms with van der Waals surface area (Å²) in [6, 6.07) is 10.8. The maximum absolute atomic E-state index is 11.8. The van der Waals surface area contributed by atoms with E-state index in [0.29, 0.717) is 5.56 Å². The molecule has 0 atom stereocenters. The van der Waals surface area contributed by atoms with E-state index < -0.39 is 22.7 Å². The Morgan fingerprint density at radius 1 is 1.03 bits per heavy atom. The molecule has 0 unspecified atom stereocenters. The average molecular weight is 417 g/mol. The number of amides is 2. The number of nitro benzene ring substituents is 1. The summed E-state index contributed by atoms with van der Waals surface area (Å²) >= 11 is 5.93. The number of hydrogen-bond acceptors (Lipinski definition) is 6. The molecule has 0 saturated carbocycles. The second-order valence-electron chi connectivity index (χ2n) is 5.41. The third-order valence-corrected chi connectivity index (χ3v) is 3.57. The van der Waals surface area contributed by atoms with E-state index in [-0.39, 0.29) is 22.0 Å². The molecule has 2 amide bonds. The number of carbonyl (C=O) groups is 3. The first-order chi connectivity index (χ1) is 13.8. The first-order valence-corrected chi connectivity index (χ1v) is 8.23. The highest BCUT2D eigenvalue weighted by Gasteiger charge is 2.13. The fraction of sp³-hybridized carbons (Fsp3) is 0. The van der Waals surface area contributed by atoms with Crippen LogP contribution in [0.2, 0.25) is 0 Å². The van der Waals surface area contributed by atoms with Gasteiger partial charge in [-0.3, -0.25) is 19.7 Å². The molecule has 0 aliphatic heterocycles. The quantitative estimate of drug-likeness (QED) is 0.285. The smallest absolute Gasteiger partial charge is 0.335 e. The van der Waals surface area contributed by atoms with Crippen molar-refractivity contribution >= 4 is 53.0 Å². The topological polar surface area (TPSA) is 151 Å². The van der Waals surface area contributed by atoms with Gasteiger partial charge in [0.05, 0.1) is 21.7 Å². The number of hydrazone groups is 1. The minimum absolute atomic E-state index is 0.0338. The molecule has 0 saturated heterocycles. The SMILES string of the molecule is O=C(NN=C/C(Cl)=C\c1ccc([N+](=O)[O-])cc1)C(=O)Nc1ccc(C(=O)O)cc1. The number of carboxylic acids is 1. The summed E-state index contributed by atoms with van der Waals surface area (Å²) in [5, 5.41) is 25.3. The number of carbonyl (C=O) groups excluding carboxylic acids is 2. The van der Waals surface area contributed by atoms with E-state index in [1.807, 2.05) is 5.43 Å². The molecule has 148 valence electrons. The molecule has 0 fully saturated rings. The number of rotatable bonds is 6. The number of hydrogen-bond donors (Lipinski definition) is 3. The summed E-state index contributed by atoms with van der Waals surface area (Å²) in [7, 11) is 0. The normalized spacial score (nSPS) is 11.1. The Morgan fingerprint density at radius 3 is 2.21 bits per heavy atom. The third kappa shape index (κ3) is 6.56. The summed E-state index contributed by atoms with van der Waals surface area (Å²) < 4.78 is 0. The Kier molecular flexibility index (Phi) is 7.15. The van der Waals surface area contributed by atoms with Crippen LogP contribution in [0.5, 0.6) is 0 Å². The van der Waals surface area contributed by atoms with E-state index in [1.54, 1.807) is 0 Å². The third-order valence-electron chi connectivity index (χ3n) is 3.36. The van der Waals surface area contributed by atoms with E-state index in [0.717, 1.165) is 6.21 Å². The summed E-state index contributed by atoms with van der Waals surface area (Å²) in [6.45, 7) is 0. The lowest BCUT2D eigenvalue weighted by Gasteiger charge is -2.04. The van der Waals surface area contributed by atoms with Gasteiger partial charge in [0.1, 0.15) is 0 Å². The monoisotopic (exact) mass is 416 g/mol. The standard InChI is InChI=1S/C18H13ClN4O6/c19-13(9-11-1-7-15(8-2-11)23(28)29)10-20-22-17(25)16(24)21-14-5-3-12(4-6-14)18(26)27/h1-10H,(H,21,24)(H,22,25)(H,26,27)/b13-9+,20-10?. The van der Waals surface area contributed by atoms with Gasteiger partial charge < -0.3 is 10.4 Å². The van der Waals surface area contributed by atoms with Gasteiger partial charge in [-0.05, 0) is 48.0 Å². The Balaban J connectivity index is 1.89. The van der Waals surface area contributed by atoms with E-state index in [1.165, 1.54) is 54.6 Å². The molecular formula is C18H13ClN4O6. The van der Waals surface area contributed by atoms with Gasteiger partial charge in [0.25, 0.3) is 5.69 Å². The number of allylic oxidation sites excluding steroid dienone is 1. The van der Waals surface area contributed by atoms with Crippen LogP contribution < -0.4 is 10.7 Å². The van der Waals surface area contributed by atoms with Crippen LogP contribution in [0.15, 0.2) is 58.7 Å². The minimum Gasteiger partial charge on any atom is -0.478 e. The molecule has 0 aliphatic carbocycles. The lowest BCUT2D eigenvalue weighted by Crippen LogP contribution is -2.32. The summed E-state index contributed by atoms with van der Waals surface area (Å²) in [5.74, 6) is -3.20. The van der Waals surface area contributed by atoms with Crippen molar-refractivity contribution in [2.24, 2.45) is 5.10 Å².